The summed E-state index contributed by atoms with van der Waals surface area (Å²) in [7, 11) is 0. The van der Waals surface area contributed by atoms with E-state index in [4.69, 9.17) is 4.74 Å². The van der Waals surface area contributed by atoms with Gasteiger partial charge >= 0.3 is 0 Å². The highest BCUT2D eigenvalue weighted by atomic mass is 16.5. The van der Waals surface area contributed by atoms with E-state index in [9.17, 15) is 5.11 Å². The predicted molar refractivity (Wildman–Crippen MR) is 55.4 cm³/mol. The van der Waals surface area contributed by atoms with Crippen molar-refractivity contribution in [3.8, 4) is 5.75 Å². The Labute approximate surface area is 84.5 Å². The van der Waals surface area contributed by atoms with E-state index in [2.05, 4.69) is 13.0 Å². The molecule has 1 aliphatic rings. The van der Waals surface area contributed by atoms with Crippen molar-refractivity contribution in [3.63, 3.8) is 0 Å². The summed E-state index contributed by atoms with van der Waals surface area (Å²) in [6.45, 7) is 4.71. The van der Waals surface area contributed by atoms with Gasteiger partial charge in [-0.2, -0.15) is 0 Å². The van der Waals surface area contributed by atoms with Gasteiger partial charge in [0, 0.05) is 0 Å². The Morgan fingerprint density at radius 3 is 3.00 bits per heavy atom. The fourth-order valence-corrected chi connectivity index (χ4v) is 2.06. The van der Waals surface area contributed by atoms with Crippen LogP contribution in [0.5, 0.6) is 5.75 Å². The van der Waals surface area contributed by atoms with Gasteiger partial charge in [0.25, 0.3) is 0 Å². The van der Waals surface area contributed by atoms with E-state index in [1.165, 1.54) is 5.56 Å². The first-order chi connectivity index (χ1) is 6.72. The SMILES string of the molecule is CCOc1ccc2c(c1)C(O)C(C)C2. The quantitative estimate of drug-likeness (QED) is 0.779. The Kier molecular flexibility index (Phi) is 2.46. The van der Waals surface area contributed by atoms with Gasteiger partial charge in [0.1, 0.15) is 5.75 Å². The molecule has 0 bridgehead atoms. The maximum Gasteiger partial charge on any atom is 0.119 e. The van der Waals surface area contributed by atoms with Crippen LogP contribution in [0.4, 0.5) is 0 Å². The smallest absolute Gasteiger partial charge is 0.119 e. The van der Waals surface area contributed by atoms with Gasteiger partial charge < -0.3 is 9.84 Å². The van der Waals surface area contributed by atoms with Gasteiger partial charge in [0.15, 0.2) is 0 Å². The molecule has 76 valence electrons. The van der Waals surface area contributed by atoms with E-state index in [1.807, 2.05) is 19.1 Å². The van der Waals surface area contributed by atoms with Gasteiger partial charge in [-0.25, -0.2) is 0 Å². The van der Waals surface area contributed by atoms with E-state index < -0.39 is 0 Å². The Hall–Kier alpha value is -1.02. The van der Waals surface area contributed by atoms with Crippen molar-refractivity contribution >= 4 is 0 Å². The zero-order valence-corrected chi connectivity index (χ0v) is 8.66. The number of fused-ring (bicyclic) bond motifs is 1. The second-order valence-electron chi connectivity index (χ2n) is 3.92. The van der Waals surface area contributed by atoms with Crippen molar-refractivity contribution in [1.82, 2.24) is 0 Å². The van der Waals surface area contributed by atoms with E-state index in [0.29, 0.717) is 12.5 Å². The molecule has 2 heteroatoms. The third-order valence-electron chi connectivity index (χ3n) is 2.83. The third kappa shape index (κ3) is 1.50. The van der Waals surface area contributed by atoms with Crippen LogP contribution in [-0.2, 0) is 6.42 Å². The van der Waals surface area contributed by atoms with Crippen LogP contribution in [0.2, 0.25) is 0 Å². The number of rotatable bonds is 2. The summed E-state index contributed by atoms with van der Waals surface area (Å²) in [5, 5.41) is 9.89. The molecule has 0 amide bonds. The first-order valence-electron chi connectivity index (χ1n) is 5.16. The lowest BCUT2D eigenvalue weighted by Crippen LogP contribution is -2.01. The summed E-state index contributed by atoms with van der Waals surface area (Å²) in [4.78, 5) is 0. The number of hydrogen-bond acceptors (Lipinski definition) is 2. The Balaban J connectivity index is 2.31. The average molecular weight is 192 g/mol. The van der Waals surface area contributed by atoms with Crippen molar-refractivity contribution in [2.24, 2.45) is 5.92 Å². The summed E-state index contributed by atoms with van der Waals surface area (Å²) in [6.07, 6.45) is 0.661. The van der Waals surface area contributed by atoms with Crippen LogP contribution >= 0.6 is 0 Å². The first kappa shape index (κ1) is 9.53. The molecular formula is C12H16O2. The average Bonchev–Trinajstić information content (AvgIpc) is 2.45. The second-order valence-corrected chi connectivity index (χ2v) is 3.92. The van der Waals surface area contributed by atoms with Crippen molar-refractivity contribution in [3.05, 3.63) is 29.3 Å². The molecule has 0 saturated carbocycles. The molecule has 2 unspecified atom stereocenters. The maximum atomic E-state index is 9.89. The summed E-state index contributed by atoms with van der Waals surface area (Å²) < 4.78 is 5.40. The van der Waals surface area contributed by atoms with Gasteiger partial charge in [-0.05, 0) is 42.5 Å². The Bertz CT molecular complexity index is 333. The second kappa shape index (κ2) is 3.62. The zero-order valence-electron chi connectivity index (χ0n) is 8.66. The van der Waals surface area contributed by atoms with Crippen LogP contribution in [0.1, 0.15) is 31.1 Å². The standard InChI is InChI=1S/C12H16O2/c1-3-14-10-5-4-9-6-8(2)12(13)11(9)7-10/h4-5,7-8,12-13H,3,6H2,1-2H3. The molecule has 1 N–H and O–H groups in total. The molecule has 0 aromatic heterocycles. The molecule has 0 fully saturated rings. The molecule has 2 nitrogen and oxygen atoms in total. The van der Waals surface area contributed by atoms with Crippen LogP contribution < -0.4 is 4.74 Å². The molecule has 2 atom stereocenters. The number of benzene rings is 1. The summed E-state index contributed by atoms with van der Waals surface area (Å²) in [5.74, 6) is 1.20. The molecule has 2 rings (SSSR count). The van der Waals surface area contributed by atoms with Gasteiger partial charge in [-0.15, -0.1) is 0 Å². The predicted octanol–water partition coefficient (Wildman–Crippen LogP) is 2.31. The highest BCUT2D eigenvalue weighted by Gasteiger charge is 2.27. The zero-order chi connectivity index (χ0) is 10.1. The highest BCUT2D eigenvalue weighted by Crippen LogP contribution is 2.37. The van der Waals surface area contributed by atoms with Crippen LogP contribution in [-0.4, -0.2) is 11.7 Å². The molecule has 0 aliphatic heterocycles. The summed E-state index contributed by atoms with van der Waals surface area (Å²) in [6, 6.07) is 6.01. The van der Waals surface area contributed by atoms with Crippen molar-refractivity contribution in [2.75, 3.05) is 6.61 Å². The fraction of sp³-hybridized carbons (Fsp3) is 0.500. The normalized spacial score (nSPS) is 24.8. The van der Waals surface area contributed by atoms with Crippen LogP contribution in [0.25, 0.3) is 0 Å². The van der Waals surface area contributed by atoms with Crippen molar-refractivity contribution in [2.45, 2.75) is 26.4 Å². The Morgan fingerprint density at radius 1 is 1.50 bits per heavy atom. The first-order valence-corrected chi connectivity index (χ1v) is 5.16. The maximum absolute atomic E-state index is 9.89. The van der Waals surface area contributed by atoms with Gasteiger partial charge in [0.05, 0.1) is 12.7 Å². The minimum atomic E-state index is -0.314. The lowest BCUT2D eigenvalue weighted by atomic mass is 10.1. The highest BCUT2D eigenvalue weighted by molar-refractivity contribution is 5.40. The summed E-state index contributed by atoms with van der Waals surface area (Å²) >= 11 is 0. The molecule has 0 heterocycles. The van der Waals surface area contributed by atoms with Crippen molar-refractivity contribution < 1.29 is 9.84 Å². The van der Waals surface area contributed by atoms with Gasteiger partial charge in [-0.3, -0.25) is 0 Å². The lowest BCUT2D eigenvalue weighted by molar-refractivity contribution is 0.132. The van der Waals surface area contributed by atoms with E-state index in [-0.39, 0.29) is 6.10 Å². The topological polar surface area (TPSA) is 29.5 Å². The minimum absolute atomic E-state index is 0.314. The Morgan fingerprint density at radius 2 is 2.29 bits per heavy atom. The van der Waals surface area contributed by atoms with Crippen LogP contribution in [0.15, 0.2) is 18.2 Å². The van der Waals surface area contributed by atoms with Gasteiger partial charge in [-0.1, -0.05) is 13.0 Å². The number of aliphatic hydroxyl groups excluding tert-OH is 1. The monoisotopic (exact) mass is 192 g/mol. The number of ether oxygens (including phenoxy) is 1. The number of aliphatic hydroxyl groups is 1. The van der Waals surface area contributed by atoms with Gasteiger partial charge in [0.2, 0.25) is 0 Å². The molecule has 1 aliphatic carbocycles. The van der Waals surface area contributed by atoms with Crippen LogP contribution in [0.3, 0.4) is 0 Å². The largest absolute Gasteiger partial charge is 0.494 e. The summed E-state index contributed by atoms with van der Waals surface area (Å²) in [5.41, 5.74) is 2.30. The van der Waals surface area contributed by atoms with E-state index >= 15 is 0 Å². The molecule has 0 saturated heterocycles. The molecule has 14 heavy (non-hydrogen) atoms. The van der Waals surface area contributed by atoms with Crippen LogP contribution in [0, 0.1) is 5.92 Å². The third-order valence-corrected chi connectivity index (χ3v) is 2.83. The van der Waals surface area contributed by atoms with E-state index in [1.54, 1.807) is 0 Å². The molecule has 1 aromatic carbocycles. The van der Waals surface area contributed by atoms with E-state index in [0.717, 1.165) is 17.7 Å². The fourth-order valence-electron chi connectivity index (χ4n) is 2.06. The molecule has 0 radical (unpaired) electrons. The minimum Gasteiger partial charge on any atom is -0.494 e. The molecule has 1 aromatic rings. The molecular weight excluding hydrogens is 176 g/mol. The molecule has 0 spiro atoms. The lowest BCUT2D eigenvalue weighted by Gasteiger charge is -2.09. The van der Waals surface area contributed by atoms with Crippen molar-refractivity contribution in [1.29, 1.82) is 0 Å². The number of hydrogen-bond donors (Lipinski definition) is 1.